The molecule has 0 aliphatic heterocycles. The summed E-state index contributed by atoms with van der Waals surface area (Å²) in [5.41, 5.74) is 1.30. The summed E-state index contributed by atoms with van der Waals surface area (Å²) >= 11 is 0. The molecule has 78 valence electrons. The van der Waals surface area contributed by atoms with E-state index in [9.17, 15) is 0 Å². The zero-order valence-corrected chi connectivity index (χ0v) is 8.48. The Hall–Kier alpha value is -1.68. The number of hydrogen-bond acceptors (Lipinski definition) is 3. The van der Waals surface area contributed by atoms with Crippen LogP contribution in [-0.2, 0) is 13.0 Å². The van der Waals surface area contributed by atoms with E-state index in [1.807, 2.05) is 18.2 Å². The summed E-state index contributed by atoms with van der Waals surface area (Å²) in [6.07, 6.45) is 2.42. The SMILES string of the molecule is c1ccc(CNCCc2ncn[nH]2)cc1. The summed E-state index contributed by atoms with van der Waals surface area (Å²) < 4.78 is 0. The van der Waals surface area contributed by atoms with Crippen molar-refractivity contribution in [2.75, 3.05) is 6.54 Å². The predicted octanol–water partition coefficient (Wildman–Crippen LogP) is 1.14. The Labute approximate surface area is 88.8 Å². The molecule has 0 aliphatic rings. The van der Waals surface area contributed by atoms with Crippen LogP contribution >= 0.6 is 0 Å². The number of H-pyrrole nitrogens is 1. The Bertz CT molecular complexity index is 369. The summed E-state index contributed by atoms with van der Waals surface area (Å²) in [5, 5.41) is 9.98. The van der Waals surface area contributed by atoms with Gasteiger partial charge in [0, 0.05) is 19.5 Å². The van der Waals surface area contributed by atoms with Crippen LogP contribution in [0, 0.1) is 0 Å². The van der Waals surface area contributed by atoms with Gasteiger partial charge in [0.15, 0.2) is 0 Å². The molecule has 0 saturated carbocycles. The van der Waals surface area contributed by atoms with Crippen LogP contribution in [0.5, 0.6) is 0 Å². The first-order valence-electron chi connectivity index (χ1n) is 5.04. The molecule has 1 heterocycles. The molecular formula is C11H14N4. The molecule has 2 rings (SSSR count). The van der Waals surface area contributed by atoms with Gasteiger partial charge >= 0.3 is 0 Å². The van der Waals surface area contributed by atoms with Crippen LogP contribution in [0.25, 0.3) is 0 Å². The molecule has 2 N–H and O–H groups in total. The van der Waals surface area contributed by atoms with Crippen LogP contribution < -0.4 is 5.32 Å². The van der Waals surface area contributed by atoms with Crippen LogP contribution in [-0.4, -0.2) is 21.7 Å². The number of nitrogens with zero attached hydrogens (tertiary/aromatic N) is 2. The van der Waals surface area contributed by atoms with Crippen molar-refractivity contribution in [2.45, 2.75) is 13.0 Å². The van der Waals surface area contributed by atoms with E-state index in [-0.39, 0.29) is 0 Å². The van der Waals surface area contributed by atoms with E-state index in [2.05, 4.69) is 32.6 Å². The largest absolute Gasteiger partial charge is 0.312 e. The third-order valence-electron chi connectivity index (χ3n) is 2.18. The van der Waals surface area contributed by atoms with Crippen molar-refractivity contribution in [3.8, 4) is 0 Å². The van der Waals surface area contributed by atoms with Crippen LogP contribution in [0.3, 0.4) is 0 Å². The molecule has 0 amide bonds. The highest BCUT2D eigenvalue weighted by molar-refractivity contribution is 5.14. The predicted molar refractivity (Wildman–Crippen MR) is 58.2 cm³/mol. The zero-order valence-electron chi connectivity index (χ0n) is 8.48. The van der Waals surface area contributed by atoms with Gasteiger partial charge in [0.2, 0.25) is 0 Å². The van der Waals surface area contributed by atoms with Gasteiger partial charge < -0.3 is 5.32 Å². The van der Waals surface area contributed by atoms with Crippen LogP contribution in [0.4, 0.5) is 0 Å². The molecular weight excluding hydrogens is 188 g/mol. The standard InChI is InChI=1S/C11H14N4/c1-2-4-10(5-3-1)8-12-7-6-11-13-9-14-15-11/h1-5,9,12H,6-8H2,(H,13,14,15). The average molecular weight is 202 g/mol. The first kappa shape index (κ1) is 9.86. The maximum absolute atomic E-state index is 4.05. The van der Waals surface area contributed by atoms with E-state index < -0.39 is 0 Å². The maximum atomic E-state index is 4.05. The minimum absolute atomic E-state index is 0.882. The van der Waals surface area contributed by atoms with Crippen molar-refractivity contribution in [2.24, 2.45) is 0 Å². The Kier molecular flexibility index (Phi) is 3.46. The second-order valence-electron chi connectivity index (χ2n) is 3.34. The molecule has 0 bridgehead atoms. The van der Waals surface area contributed by atoms with E-state index in [0.717, 1.165) is 25.3 Å². The van der Waals surface area contributed by atoms with Crippen molar-refractivity contribution in [1.29, 1.82) is 0 Å². The van der Waals surface area contributed by atoms with Gasteiger partial charge in [-0.3, -0.25) is 5.10 Å². The zero-order chi connectivity index (χ0) is 10.3. The lowest BCUT2D eigenvalue weighted by Gasteiger charge is -2.02. The fourth-order valence-electron chi connectivity index (χ4n) is 1.39. The Morgan fingerprint density at radius 2 is 2.07 bits per heavy atom. The molecule has 1 aromatic heterocycles. The lowest BCUT2D eigenvalue weighted by molar-refractivity contribution is 0.672. The number of aromatic amines is 1. The van der Waals surface area contributed by atoms with Gasteiger partial charge in [-0.2, -0.15) is 5.10 Å². The number of benzene rings is 1. The Morgan fingerprint density at radius 3 is 2.80 bits per heavy atom. The summed E-state index contributed by atoms with van der Waals surface area (Å²) in [6.45, 7) is 1.80. The lowest BCUT2D eigenvalue weighted by Crippen LogP contribution is -2.17. The van der Waals surface area contributed by atoms with Crippen molar-refractivity contribution in [3.05, 3.63) is 48.0 Å². The quantitative estimate of drug-likeness (QED) is 0.715. The number of rotatable bonds is 5. The third kappa shape index (κ3) is 3.18. The molecule has 0 atom stereocenters. The van der Waals surface area contributed by atoms with Gasteiger partial charge in [0.05, 0.1) is 0 Å². The van der Waals surface area contributed by atoms with E-state index >= 15 is 0 Å². The Morgan fingerprint density at radius 1 is 1.20 bits per heavy atom. The normalized spacial score (nSPS) is 10.4. The summed E-state index contributed by atoms with van der Waals surface area (Å²) in [6, 6.07) is 10.3. The van der Waals surface area contributed by atoms with Gasteiger partial charge in [-0.25, -0.2) is 4.98 Å². The van der Waals surface area contributed by atoms with Crippen molar-refractivity contribution < 1.29 is 0 Å². The Balaban J connectivity index is 1.68. The van der Waals surface area contributed by atoms with Gasteiger partial charge in [-0.1, -0.05) is 30.3 Å². The number of aromatic nitrogens is 3. The third-order valence-corrected chi connectivity index (χ3v) is 2.18. The monoisotopic (exact) mass is 202 g/mol. The van der Waals surface area contributed by atoms with Gasteiger partial charge in [-0.15, -0.1) is 0 Å². The molecule has 1 aromatic carbocycles. The highest BCUT2D eigenvalue weighted by Gasteiger charge is 1.95. The molecule has 0 unspecified atom stereocenters. The molecule has 15 heavy (non-hydrogen) atoms. The summed E-state index contributed by atoms with van der Waals surface area (Å²) in [5.74, 6) is 0.926. The number of nitrogens with one attached hydrogen (secondary N) is 2. The highest BCUT2D eigenvalue weighted by atomic mass is 15.2. The van der Waals surface area contributed by atoms with Crippen LogP contribution in [0.1, 0.15) is 11.4 Å². The molecule has 0 fully saturated rings. The average Bonchev–Trinajstić information content (AvgIpc) is 2.79. The van der Waals surface area contributed by atoms with E-state index in [1.165, 1.54) is 11.9 Å². The molecule has 4 heteroatoms. The van der Waals surface area contributed by atoms with Gasteiger partial charge in [0.1, 0.15) is 12.2 Å². The van der Waals surface area contributed by atoms with Crippen molar-refractivity contribution >= 4 is 0 Å². The van der Waals surface area contributed by atoms with Gasteiger partial charge in [0.25, 0.3) is 0 Å². The second-order valence-corrected chi connectivity index (χ2v) is 3.34. The van der Waals surface area contributed by atoms with Gasteiger partial charge in [-0.05, 0) is 5.56 Å². The lowest BCUT2D eigenvalue weighted by atomic mass is 10.2. The molecule has 0 saturated heterocycles. The number of hydrogen-bond donors (Lipinski definition) is 2. The van der Waals surface area contributed by atoms with E-state index in [1.54, 1.807) is 0 Å². The second kappa shape index (κ2) is 5.26. The summed E-state index contributed by atoms with van der Waals surface area (Å²) in [7, 11) is 0. The topological polar surface area (TPSA) is 53.6 Å². The van der Waals surface area contributed by atoms with E-state index in [0.29, 0.717) is 0 Å². The fourth-order valence-corrected chi connectivity index (χ4v) is 1.39. The smallest absolute Gasteiger partial charge is 0.137 e. The van der Waals surface area contributed by atoms with Crippen molar-refractivity contribution in [1.82, 2.24) is 20.5 Å². The molecule has 0 aliphatic carbocycles. The summed E-state index contributed by atoms with van der Waals surface area (Å²) in [4.78, 5) is 4.05. The minimum atomic E-state index is 0.882. The molecule has 4 nitrogen and oxygen atoms in total. The van der Waals surface area contributed by atoms with Crippen LogP contribution in [0.2, 0.25) is 0 Å². The fraction of sp³-hybridized carbons (Fsp3) is 0.273. The van der Waals surface area contributed by atoms with Crippen LogP contribution in [0.15, 0.2) is 36.7 Å². The molecule has 0 spiro atoms. The maximum Gasteiger partial charge on any atom is 0.137 e. The first-order valence-corrected chi connectivity index (χ1v) is 5.04. The minimum Gasteiger partial charge on any atom is -0.312 e. The first-order chi connectivity index (χ1) is 7.45. The van der Waals surface area contributed by atoms with E-state index in [4.69, 9.17) is 0 Å². The van der Waals surface area contributed by atoms with Crippen molar-refractivity contribution in [3.63, 3.8) is 0 Å². The molecule has 0 radical (unpaired) electrons. The molecule has 2 aromatic rings. The highest BCUT2D eigenvalue weighted by Crippen LogP contribution is 1.97.